The van der Waals surface area contributed by atoms with Crippen LogP contribution in [0.15, 0.2) is 0 Å². The minimum absolute atomic E-state index is 0.0412. The van der Waals surface area contributed by atoms with Gasteiger partial charge >= 0.3 is 0 Å². The number of hydrogen-bond acceptors (Lipinski definition) is 4. The molecule has 0 aromatic carbocycles. The fraction of sp³-hybridized carbons (Fsp3) is 0.923. The highest BCUT2D eigenvalue weighted by atomic mass is 16.5. The lowest BCUT2D eigenvalue weighted by Gasteiger charge is -2.37. The number of hydrogen-bond donors (Lipinski definition) is 1. The van der Waals surface area contributed by atoms with E-state index in [0.717, 1.165) is 39.1 Å². The summed E-state index contributed by atoms with van der Waals surface area (Å²) in [5.74, 6) is 0.248. The van der Waals surface area contributed by atoms with Crippen molar-refractivity contribution < 1.29 is 9.53 Å². The number of methoxy groups -OCH3 is 1. The van der Waals surface area contributed by atoms with Crippen LogP contribution in [-0.4, -0.2) is 73.7 Å². The molecule has 1 amide bonds. The molecule has 2 aliphatic rings. The third-order valence-corrected chi connectivity index (χ3v) is 4.08. The van der Waals surface area contributed by atoms with Crippen LogP contribution in [0, 0.1) is 0 Å². The van der Waals surface area contributed by atoms with Crippen molar-refractivity contribution in [1.29, 1.82) is 0 Å². The molecule has 0 spiro atoms. The largest absolute Gasteiger partial charge is 0.380 e. The van der Waals surface area contributed by atoms with E-state index in [4.69, 9.17) is 4.74 Å². The topological polar surface area (TPSA) is 44.8 Å². The zero-order valence-electron chi connectivity index (χ0n) is 11.7. The highest BCUT2D eigenvalue weighted by Crippen LogP contribution is 2.14. The average molecular weight is 255 g/mol. The maximum atomic E-state index is 12.3. The summed E-state index contributed by atoms with van der Waals surface area (Å²) >= 11 is 0. The molecule has 104 valence electrons. The van der Waals surface area contributed by atoms with Crippen molar-refractivity contribution in [2.24, 2.45) is 0 Å². The van der Waals surface area contributed by atoms with E-state index in [-0.39, 0.29) is 18.1 Å². The molecule has 2 saturated heterocycles. The number of rotatable bonds is 3. The quantitative estimate of drug-likeness (QED) is 0.766. The van der Waals surface area contributed by atoms with E-state index in [1.54, 1.807) is 7.11 Å². The van der Waals surface area contributed by atoms with Crippen LogP contribution in [0.5, 0.6) is 0 Å². The summed E-state index contributed by atoms with van der Waals surface area (Å²) in [6.07, 6.45) is 0.996. The highest BCUT2D eigenvalue weighted by Gasteiger charge is 2.33. The van der Waals surface area contributed by atoms with Gasteiger partial charge < -0.3 is 15.0 Å². The maximum absolute atomic E-state index is 12.3. The van der Waals surface area contributed by atoms with Crippen LogP contribution in [-0.2, 0) is 9.53 Å². The summed E-state index contributed by atoms with van der Waals surface area (Å²) in [5.41, 5.74) is 0. The van der Waals surface area contributed by atoms with Crippen molar-refractivity contribution in [3.63, 3.8) is 0 Å². The van der Waals surface area contributed by atoms with E-state index >= 15 is 0 Å². The van der Waals surface area contributed by atoms with E-state index in [1.165, 1.54) is 0 Å². The number of amides is 1. The monoisotopic (exact) mass is 255 g/mol. The van der Waals surface area contributed by atoms with Gasteiger partial charge in [0.25, 0.3) is 0 Å². The van der Waals surface area contributed by atoms with E-state index in [0.29, 0.717) is 6.04 Å². The van der Waals surface area contributed by atoms with Gasteiger partial charge in [-0.15, -0.1) is 0 Å². The molecule has 0 saturated carbocycles. The Morgan fingerprint density at radius 3 is 2.44 bits per heavy atom. The van der Waals surface area contributed by atoms with Gasteiger partial charge in [-0.3, -0.25) is 9.69 Å². The second-order valence-corrected chi connectivity index (χ2v) is 5.51. The average Bonchev–Trinajstić information content (AvgIpc) is 2.86. The van der Waals surface area contributed by atoms with Gasteiger partial charge in [-0.2, -0.15) is 0 Å². The molecule has 2 fully saturated rings. The number of carbonyl (C=O) groups is 1. The second kappa shape index (κ2) is 5.99. The van der Waals surface area contributed by atoms with Gasteiger partial charge in [-0.05, 0) is 20.3 Å². The first-order valence-corrected chi connectivity index (χ1v) is 6.91. The molecule has 2 heterocycles. The fourth-order valence-electron chi connectivity index (χ4n) is 2.75. The van der Waals surface area contributed by atoms with Crippen molar-refractivity contribution >= 4 is 5.91 Å². The van der Waals surface area contributed by atoms with Crippen molar-refractivity contribution in [2.75, 3.05) is 39.8 Å². The zero-order chi connectivity index (χ0) is 13.1. The van der Waals surface area contributed by atoms with Crippen molar-refractivity contribution in [2.45, 2.75) is 38.5 Å². The van der Waals surface area contributed by atoms with Gasteiger partial charge in [0.2, 0.25) is 5.91 Å². The van der Waals surface area contributed by atoms with Crippen LogP contribution in [0.1, 0.15) is 20.3 Å². The minimum atomic E-state index is -0.0412. The minimum Gasteiger partial charge on any atom is -0.380 e. The second-order valence-electron chi connectivity index (χ2n) is 5.51. The predicted octanol–water partition coefficient (Wildman–Crippen LogP) is -0.0841. The summed E-state index contributed by atoms with van der Waals surface area (Å²) in [6.45, 7) is 8.89. The Balaban J connectivity index is 1.81. The Labute approximate surface area is 109 Å². The SMILES string of the molecule is COC1CNC(C(=O)N2CCN(C(C)C)CC2)C1. The number of carbonyl (C=O) groups excluding carboxylic acids is 1. The van der Waals surface area contributed by atoms with E-state index in [9.17, 15) is 4.79 Å². The molecule has 0 radical (unpaired) electrons. The first kappa shape index (κ1) is 13.8. The molecule has 2 aliphatic heterocycles. The summed E-state index contributed by atoms with van der Waals surface area (Å²) in [5, 5.41) is 3.26. The van der Waals surface area contributed by atoms with Crippen LogP contribution >= 0.6 is 0 Å². The molecular weight excluding hydrogens is 230 g/mol. The van der Waals surface area contributed by atoms with Crippen LogP contribution in [0.25, 0.3) is 0 Å². The Hall–Kier alpha value is -0.650. The molecule has 0 bridgehead atoms. The van der Waals surface area contributed by atoms with Gasteiger partial charge in [-0.25, -0.2) is 0 Å². The number of nitrogens with one attached hydrogen (secondary N) is 1. The van der Waals surface area contributed by atoms with E-state index in [1.807, 2.05) is 4.90 Å². The van der Waals surface area contributed by atoms with E-state index in [2.05, 4.69) is 24.1 Å². The lowest BCUT2D eigenvalue weighted by atomic mass is 10.1. The lowest BCUT2D eigenvalue weighted by molar-refractivity contribution is -0.135. The third-order valence-electron chi connectivity index (χ3n) is 4.08. The Bertz CT molecular complexity index is 288. The number of piperazine rings is 1. The maximum Gasteiger partial charge on any atom is 0.239 e. The highest BCUT2D eigenvalue weighted by molar-refractivity contribution is 5.82. The van der Waals surface area contributed by atoms with Gasteiger partial charge in [0, 0.05) is 45.9 Å². The normalized spacial score (nSPS) is 30.1. The molecule has 5 nitrogen and oxygen atoms in total. The van der Waals surface area contributed by atoms with Gasteiger partial charge in [0.1, 0.15) is 0 Å². The van der Waals surface area contributed by atoms with Gasteiger partial charge in [0.15, 0.2) is 0 Å². The van der Waals surface area contributed by atoms with Crippen LogP contribution in [0.2, 0.25) is 0 Å². The molecule has 18 heavy (non-hydrogen) atoms. The lowest BCUT2D eigenvalue weighted by Crippen LogP contribution is -2.54. The third kappa shape index (κ3) is 3.02. The molecular formula is C13H25N3O2. The van der Waals surface area contributed by atoms with Crippen LogP contribution in [0.3, 0.4) is 0 Å². The molecule has 5 heteroatoms. The molecule has 0 aromatic heterocycles. The van der Waals surface area contributed by atoms with Crippen molar-refractivity contribution in [3.05, 3.63) is 0 Å². The summed E-state index contributed by atoms with van der Waals surface area (Å²) < 4.78 is 5.29. The molecule has 0 aliphatic carbocycles. The molecule has 2 rings (SSSR count). The summed E-state index contributed by atoms with van der Waals surface area (Å²) in [7, 11) is 1.71. The molecule has 2 unspecified atom stereocenters. The standard InChI is InChI=1S/C13H25N3O2/c1-10(2)15-4-6-16(7-5-15)13(17)12-8-11(18-3)9-14-12/h10-12,14H,4-9H2,1-3H3. The van der Waals surface area contributed by atoms with Gasteiger partial charge in [-0.1, -0.05) is 0 Å². The first-order valence-electron chi connectivity index (χ1n) is 6.91. The Morgan fingerprint density at radius 1 is 1.28 bits per heavy atom. The van der Waals surface area contributed by atoms with Crippen LogP contribution in [0.4, 0.5) is 0 Å². The van der Waals surface area contributed by atoms with E-state index < -0.39 is 0 Å². The zero-order valence-corrected chi connectivity index (χ0v) is 11.7. The van der Waals surface area contributed by atoms with Crippen molar-refractivity contribution in [3.8, 4) is 0 Å². The predicted molar refractivity (Wildman–Crippen MR) is 70.5 cm³/mol. The summed E-state index contributed by atoms with van der Waals surface area (Å²) in [4.78, 5) is 16.7. The molecule has 2 atom stereocenters. The van der Waals surface area contributed by atoms with Crippen LogP contribution < -0.4 is 5.32 Å². The fourth-order valence-corrected chi connectivity index (χ4v) is 2.75. The number of ether oxygens (including phenoxy) is 1. The molecule has 1 N–H and O–H groups in total. The Kier molecular flexibility index (Phi) is 4.59. The molecule has 0 aromatic rings. The van der Waals surface area contributed by atoms with Crippen molar-refractivity contribution in [1.82, 2.24) is 15.1 Å². The summed E-state index contributed by atoms with van der Waals surface area (Å²) in [6, 6.07) is 0.533. The number of nitrogens with zero attached hydrogens (tertiary/aromatic N) is 2. The smallest absolute Gasteiger partial charge is 0.239 e. The first-order chi connectivity index (χ1) is 8.61. The Morgan fingerprint density at radius 2 is 1.94 bits per heavy atom. The van der Waals surface area contributed by atoms with Gasteiger partial charge in [0.05, 0.1) is 12.1 Å².